The van der Waals surface area contributed by atoms with Crippen molar-refractivity contribution in [1.82, 2.24) is 10.3 Å². The van der Waals surface area contributed by atoms with Crippen LogP contribution in [0.2, 0.25) is 0 Å². The Morgan fingerprint density at radius 1 is 1.33 bits per heavy atom. The van der Waals surface area contributed by atoms with Gasteiger partial charge in [0.15, 0.2) is 0 Å². The van der Waals surface area contributed by atoms with Crippen molar-refractivity contribution in [1.29, 1.82) is 0 Å². The Balaban J connectivity index is 2.43. The molecule has 102 valence electrons. The predicted molar refractivity (Wildman–Crippen MR) is 75.9 cm³/mol. The Hall–Kier alpha value is -0.930. The lowest BCUT2D eigenvalue weighted by Crippen LogP contribution is -2.33. The number of nitrogens with one attached hydrogen (secondary N) is 1. The van der Waals surface area contributed by atoms with Gasteiger partial charge in [-0.15, -0.1) is 0 Å². The van der Waals surface area contributed by atoms with E-state index in [1.54, 1.807) is 7.11 Å². The van der Waals surface area contributed by atoms with E-state index in [2.05, 4.69) is 36.3 Å². The van der Waals surface area contributed by atoms with Gasteiger partial charge in [-0.25, -0.2) is 0 Å². The fraction of sp³-hybridized carbons (Fsp3) is 0.667. The molecule has 1 unspecified atom stereocenters. The van der Waals surface area contributed by atoms with Crippen molar-refractivity contribution < 1.29 is 4.74 Å². The van der Waals surface area contributed by atoms with Crippen molar-refractivity contribution in [3.63, 3.8) is 0 Å². The molecule has 0 aliphatic heterocycles. The van der Waals surface area contributed by atoms with E-state index in [-0.39, 0.29) is 0 Å². The Morgan fingerprint density at radius 2 is 2.17 bits per heavy atom. The van der Waals surface area contributed by atoms with Crippen LogP contribution in [-0.4, -0.2) is 31.3 Å². The Bertz CT molecular complexity index is 311. The summed E-state index contributed by atoms with van der Waals surface area (Å²) >= 11 is 0. The zero-order valence-corrected chi connectivity index (χ0v) is 11.9. The Kier molecular flexibility index (Phi) is 7.62. The number of nitrogens with zero attached hydrogens (tertiary/aromatic N) is 1. The average molecular weight is 250 g/mol. The van der Waals surface area contributed by atoms with Gasteiger partial charge in [0.1, 0.15) is 0 Å². The van der Waals surface area contributed by atoms with E-state index >= 15 is 0 Å². The summed E-state index contributed by atoms with van der Waals surface area (Å²) in [4.78, 5) is 4.54. The molecule has 1 rings (SSSR count). The second-order valence-electron chi connectivity index (χ2n) is 4.66. The van der Waals surface area contributed by atoms with Crippen LogP contribution in [0.1, 0.15) is 37.9 Å². The van der Waals surface area contributed by atoms with Gasteiger partial charge in [-0.2, -0.15) is 0 Å². The van der Waals surface area contributed by atoms with E-state index in [1.165, 1.54) is 17.7 Å². The first-order valence-electron chi connectivity index (χ1n) is 6.96. The van der Waals surface area contributed by atoms with Crippen LogP contribution >= 0.6 is 0 Å². The van der Waals surface area contributed by atoms with E-state index < -0.39 is 0 Å². The fourth-order valence-corrected chi connectivity index (χ4v) is 1.99. The molecule has 0 bridgehead atoms. The zero-order valence-electron chi connectivity index (χ0n) is 11.9. The zero-order chi connectivity index (χ0) is 13.2. The van der Waals surface area contributed by atoms with Gasteiger partial charge in [-0.05, 0) is 24.5 Å². The molecule has 0 saturated carbocycles. The van der Waals surface area contributed by atoms with Crippen LogP contribution in [0.3, 0.4) is 0 Å². The topological polar surface area (TPSA) is 34.1 Å². The molecule has 0 aliphatic rings. The maximum Gasteiger partial charge on any atom is 0.0587 e. The first-order chi connectivity index (χ1) is 8.80. The monoisotopic (exact) mass is 250 g/mol. The Morgan fingerprint density at radius 3 is 2.72 bits per heavy atom. The third kappa shape index (κ3) is 5.61. The predicted octanol–water partition coefficient (Wildman–Crippen LogP) is 2.59. The molecule has 1 aromatic rings. The molecule has 1 heterocycles. The lowest BCUT2D eigenvalue weighted by Gasteiger charge is -2.16. The number of rotatable bonds is 9. The van der Waals surface area contributed by atoms with Crippen molar-refractivity contribution in [2.45, 2.75) is 45.6 Å². The van der Waals surface area contributed by atoms with Gasteiger partial charge in [0.25, 0.3) is 0 Å². The summed E-state index contributed by atoms with van der Waals surface area (Å²) < 4.78 is 5.05. The maximum absolute atomic E-state index is 5.05. The molecule has 3 nitrogen and oxygen atoms in total. The number of aryl methyl sites for hydroxylation is 1. The number of aromatic nitrogens is 1. The fourth-order valence-electron chi connectivity index (χ4n) is 1.99. The van der Waals surface area contributed by atoms with Crippen molar-refractivity contribution in [2.24, 2.45) is 0 Å². The van der Waals surface area contributed by atoms with Crippen molar-refractivity contribution >= 4 is 0 Å². The summed E-state index contributed by atoms with van der Waals surface area (Å²) in [7, 11) is 1.73. The molecule has 0 aromatic carbocycles. The van der Waals surface area contributed by atoms with E-state index in [1.807, 2.05) is 6.20 Å². The van der Waals surface area contributed by atoms with Gasteiger partial charge in [0.05, 0.1) is 6.61 Å². The largest absolute Gasteiger partial charge is 0.383 e. The van der Waals surface area contributed by atoms with Crippen LogP contribution < -0.4 is 5.32 Å². The van der Waals surface area contributed by atoms with E-state index in [0.717, 1.165) is 32.4 Å². The number of hydrogen-bond donors (Lipinski definition) is 1. The molecule has 1 aromatic heterocycles. The van der Waals surface area contributed by atoms with Crippen LogP contribution in [0.15, 0.2) is 18.3 Å². The second kappa shape index (κ2) is 9.06. The summed E-state index contributed by atoms with van der Waals surface area (Å²) in [5.41, 5.74) is 2.51. The van der Waals surface area contributed by atoms with Gasteiger partial charge in [-0.3, -0.25) is 4.98 Å². The summed E-state index contributed by atoms with van der Waals surface area (Å²) in [5, 5.41) is 3.49. The minimum atomic E-state index is 0.490. The van der Waals surface area contributed by atoms with Gasteiger partial charge in [0.2, 0.25) is 0 Å². The highest BCUT2D eigenvalue weighted by atomic mass is 16.5. The number of methoxy groups -OCH3 is 1. The lowest BCUT2D eigenvalue weighted by atomic mass is 10.1. The SMILES string of the molecule is CCCc1ccc(CC(CC)NCCOC)nc1. The summed E-state index contributed by atoms with van der Waals surface area (Å²) in [6.45, 7) is 6.07. The van der Waals surface area contributed by atoms with E-state index in [0.29, 0.717) is 6.04 Å². The molecule has 1 N–H and O–H groups in total. The minimum Gasteiger partial charge on any atom is -0.383 e. The summed E-state index contributed by atoms with van der Waals surface area (Å²) in [6.07, 6.45) is 6.42. The highest BCUT2D eigenvalue weighted by Crippen LogP contribution is 2.06. The van der Waals surface area contributed by atoms with Crippen LogP contribution in [0.5, 0.6) is 0 Å². The van der Waals surface area contributed by atoms with Gasteiger partial charge >= 0.3 is 0 Å². The molecular formula is C15H26N2O. The van der Waals surface area contributed by atoms with E-state index in [9.17, 15) is 0 Å². The van der Waals surface area contributed by atoms with Gasteiger partial charge in [-0.1, -0.05) is 26.3 Å². The van der Waals surface area contributed by atoms with Crippen LogP contribution in [-0.2, 0) is 17.6 Å². The standard InChI is InChI=1S/C15H26N2O/c1-4-6-13-7-8-15(17-12-13)11-14(5-2)16-9-10-18-3/h7-8,12,14,16H,4-6,9-11H2,1-3H3. The van der Waals surface area contributed by atoms with Crippen LogP contribution in [0, 0.1) is 0 Å². The van der Waals surface area contributed by atoms with Gasteiger partial charge < -0.3 is 10.1 Å². The average Bonchev–Trinajstić information content (AvgIpc) is 2.40. The molecule has 0 radical (unpaired) electrons. The number of ether oxygens (including phenoxy) is 1. The summed E-state index contributed by atoms with van der Waals surface area (Å²) in [5.74, 6) is 0. The normalized spacial score (nSPS) is 12.6. The number of hydrogen-bond acceptors (Lipinski definition) is 3. The highest BCUT2D eigenvalue weighted by Gasteiger charge is 2.07. The van der Waals surface area contributed by atoms with E-state index in [4.69, 9.17) is 4.74 Å². The highest BCUT2D eigenvalue weighted by molar-refractivity contribution is 5.14. The first-order valence-corrected chi connectivity index (χ1v) is 6.96. The molecular weight excluding hydrogens is 224 g/mol. The Labute approximate surface area is 111 Å². The molecule has 0 fully saturated rings. The summed E-state index contributed by atoms with van der Waals surface area (Å²) in [6, 6.07) is 4.85. The maximum atomic E-state index is 5.05. The molecule has 0 spiro atoms. The lowest BCUT2D eigenvalue weighted by molar-refractivity contribution is 0.195. The van der Waals surface area contributed by atoms with Crippen molar-refractivity contribution in [3.8, 4) is 0 Å². The molecule has 0 saturated heterocycles. The van der Waals surface area contributed by atoms with Crippen molar-refractivity contribution in [2.75, 3.05) is 20.3 Å². The minimum absolute atomic E-state index is 0.490. The molecule has 0 aliphatic carbocycles. The first kappa shape index (κ1) is 15.1. The molecule has 18 heavy (non-hydrogen) atoms. The molecule has 0 amide bonds. The van der Waals surface area contributed by atoms with Crippen LogP contribution in [0.25, 0.3) is 0 Å². The van der Waals surface area contributed by atoms with Crippen LogP contribution in [0.4, 0.5) is 0 Å². The quantitative estimate of drug-likeness (QED) is 0.684. The van der Waals surface area contributed by atoms with Crippen molar-refractivity contribution in [3.05, 3.63) is 29.6 Å². The van der Waals surface area contributed by atoms with Gasteiger partial charge in [0, 0.05) is 38.0 Å². The number of pyridine rings is 1. The smallest absolute Gasteiger partial charge is 0.0587 e. The molecule has 3 heteroatoms. The third-order valence-electron chi connectivity index (χ3n) is 3.11. The third-order valence-corrected chi connectivity index (χ3v) is 3.11. The second-order valence-corrected chi connectivity index (χ2v) is 4.66. The molecule has 1 atom stereocenters.